The maximum atomic E-state index is 13.0. The highest BCUT2D eigenvalue weighted by Crippen LogP contribution is 2.35. The Hall–Kier alpha value is -1.08. The van der Waals surface area contributed by atoms with E-state index in [0.717, 1.165) is 12.1 Å². The largest absolute Gasteiger partial charge is 0.497 e. The van der Waals surface area contributed by atoms with Crippen LogP contribution in [0.5, 0.6) is 5.75 Å². The predicted octanol–water partition coefficient (Wildman–Crippen LogP) is 4.17. The molecule has 0 N–H and O–H groups in total. The van der Waals surface area contributed by atoms with Crippen LogP contribution in [0.1, 0.15) is 44.9 Å². The van der Waals surface area contributed by atoms with Gasteiger partial charge in [-0.3, -0.25) is 0 Å². The summed E-state index contributed by atoms with van der Waals surface area (Å²) < 4.78 is 57.3. The monoisotopic (exact) mass is 337 g/mol. The molecule has 1 unspecified atom stereocenters. The molecule has 0 spiro atoms. The van der Waals surface area contributed by atoms with E-state index in [1.807, 2.05) is 20.8 Å². The minimum atomic E-state index is -4.45. The van der Waals surface area contributed by atoms with E-state index in [-0.39, 0.29) is 5.75 Å². The number of hydrogen-bond donors (Lipinski definition) is 0. The molecular weight excluding hydrogens is 315 g/mol. The number of methoxy groups -OCH3 is 1. The van der Waals surface area contributed by atoms with Gasteiger partial charge in [-0.1, -0.05) is 0 Å². The summed E-state index contributed by atoms with van der Waals surface area (Å²) in [6.07, 6.45) is -4.45. The lowest BCUT2D eigenvalue weighted by atomic mass is 10.0. The summed E-state index contributed by atoms with van der Waals surface area (Å²) >= 11 is 0. The number of ether oxygens (including phenoxy) is 1. The van der Waals surface area contributed by atoms with Crippen molar-refractivity contribution in [2.24, 2.45) is 0 Å². The Morgan fingerprint density at radius 2 is 1.73 bits per heavy atom. The van der Waals surface area contributed by atoms with Gasteiger partial charge in [-0.2, -0.15) is 13.2 Å². The van der Waals surface area contributed by atoms with E-state index in [1.165, 1.54) is 13.2 Å². The molecule has 2 atom stereocenters. The Morgan fingerprint density at radius 1 is 1.18 bits per heavy atom. The van der Waals surface area contributed by atoms with Crippen LogP contribution in [0.2, 0.25) is 0 Å². The minimum Gasteiger partial charge on any atom is -0.497 e. The average Bonchev–Trinajstić information content (AvgIpc) is 2.42. The van der Waals surface area contributed by atoms with Gasteiger partial charge in [0.25, 0.3) is 0 Å². The van der Waals surface area contributed by atoms with Crippen molar-refractivity contribution in [2.45, 2.75) is 44.7 Å². The first-order chi connectivity index (χ1) is 9.87. The van der Waals surface area contributed by atoms with Crippen molar-refractivity contribution in [2.75, 3.05) is 14.2 Å². The third-order valence-corrected chi connectivity index (χ3v) is 5.19. The second-order valence-electron chi connectivity index (χ2n) is 6.08. The number of rotatable bonds is 4. The Balaban J connectivity index is 3.23. The lowest BCUT2D eigenvalue weighted by molar-refractivity contribution is -0.137. The lowest BCUT2D eigenvalue weighted by Gasteiger charge is -2.30. The van der Waals surface area contributed by atoms with Crippen LogP contribution in [0.15, 0.2) is 18.2 Å². The molecule has 0 radical (unpaired) electrons. The number of benzene rings is 1. The van der Waals surface area contributed by atoms with Crippen LogP contribution in [-0.2, 0) is 17.2 Å². The quantitative estimate of drug-likeness (QED) is 0.825. The smallest absolute Gasteiger partial charge is 0.416 e. The number of hydrogen-bond acceptors (Lipinski definition) is 2. The molecule has 3 nitrogen and oxygen atoms in total. The number of alkyl halides is 3. The molecule has 0 amide bonds. The maximum Gasteiger partial charge on any atom is 0.416 e. The van der Waals surface area contributed by atoms with Crippen LogP contribution in [0, 0.1) is 0 Å². The van der Waals surface area contributed by atoms with E-state index in [1.54, 1.807) is 18.3 Å². The molecule has 0 aliphatic heterocycles. The Kier molecular flexibility index (Phi) is 5.67. The van der Waals surface area contributed by atoms with E-state index in [4.69, 9.17) is 4.74 Å². The van der Waals surface area contributed by atoms with Gasteiger partial charge < -0.3 is 4.74 Å². The molecule has 0 saturated carbocycles. The third kappa shape index (κ3) is 4.46. The second kappa shape index (κ2) is 6.58. The molecule has 0 fully saturated rings. The molecule has 1 rings (SSSR count). The first-order valence-electron chi connectivity index (χ1n) is 6.79. The molecular formula is C15H22F3NO2S. The zero-order chi connectivity index (χ0) is 17.3. The summed E-state index contributed by atoms with van der Waals surface area (Å²) in [6.45, 7) is 7.18. The van der Waals surface area contributed by atoms with E-state index >= 15 is 0 Å². The summed E-state index contributed by atoms with van der Waals surface area (Å²) in [5, 5.41) is 0. The van der Waals surface area contributed by atoms with Crippen molar-refractivity contribution >= 4 is 11.0 Å². The van der Waals surface area contributed by atoms with Gasteiger partial charge >= 0.3 is 6.18 Å². The fraction of sp³-hybridized carbons (Fsp3) is 0.600. The van der Waals surface area contributed by atoms with E-state index in [0.29, 0.717) is 5.56 Å². The van der Waals surface area contributed by atoms with Crippen LogP contribution in [0.4, 0.5) is 13.2 Å². The minimum absolute atomic E-state index is 0.131. The molecule has 22 heavy (non-hydrogen) atoms. The summed E-state index contributed by atoms with van der Waals surface area (Å²) in [4.78, 5) is 0. The molecule has 0 saturated heterocycles. The van der Waals surface area contributed by atoms with E-state index in [2.05, 4.69) is 0 Å². The van der Waals surface area contributed by atoms with Crippen molar-refractivity contribution in [1.82, 2.24) is 4.31 Å². The first-order valence-corrected chi connectivity index (χ1v) is 7.89. The second-order valence-corrected chi connectivity index (χ2v) is 8.38. The van der Waals surface area contributed by atoms with Crippen LogP contribution in [-0.4, -0.2) is 27.4 Å². The van der Waals surface area contributed by atoms with Gasteiger partial charge in [0.1, 0.15) is 5.75 Å². The molecule has 1 aromatic rings. The topological polar surface area (TPSA) is 29.5 Å². The Bertz CT molecular complexity index is 553. The fourth-order valence-electron chi connectivity index (χ4n) is 1.93. The zero-order valence-corrected chi connectivity index (χ0v) is 14.4. The van der Waals surface area contributed by atoms with Crippen LogP contribution >= 0.6 is 0 Å². The summed E-state index contributed by atoms with van der Waals surface area (Å²) in [7, 11) is 1.62. The Labute approximate surface area is 132 Å². The number of halogens is 3. The van der Waals surface area contributed by atoms with Crippen LogP contribution < -0.4 is 4.74 Å². The number of nitrogens with zero attached hydrogens (tertiary/aromatic N) is 1. The normalized spacial score (nSPS) is 15.7. The van der Waals surface area contributed by atoms with Crippen LogP contribution in [0.3, 0.4) is 0 Å². The lowest BCUT2D eigenvalue weighted by Crippen LogP contribution is -2.36. The molecule has 0 bridgehead atoms. The van der Waals surface area contributed by atoms with Gasteiger partial charge in [0, 0.05) is 13.1 Å². The van der Waals surface area contributed by atoms with E-state index < -0.39 is 33.5 Å². The van der Waals surface area contributed by atoms with Crippen molar-refractivity contribution in [3.63, 3.8) is 0 Å². The summed E-state index contributed by atoms with van der Waals surface area (Å²) in [5.74, 6) is 0.131. The highest BCUT2D eigenvalue weighted by atomic mass is 32.2. The Morgan fingerprint density at radius 3 is 2.14 bits per heavy atom. The molecule has 7 heteroatoms. The zero-order valence-electron chi connectivity index (χ0n) is 13.6. The highest BCUT2D eigenvalue weighted by molar-refractivity contribution is 7.84. The van der Waals surface area contributed by atoms with Crippen LogP contribution in [0.25, 0.3) is 0 Å². The predicted molar refractivity (Wildman–Crippen MR) is 82.1 cm³/mol. The molecule has 1 aromatic carbocycles. The van der Waals surface area contributed by atoms with Gasteiger partial charge in [-0.05, 0) is 51.5 Å². The average molecular weight is 337 g/mol. The van der Waals surface area contributed by atoms with Gasteiger partial charge in [-0.25, -0.2) is 8.51 Å². The SMILES string of the molecule is COc1cc(C(C)N(C)[S@](=O)C(C)(C)C)cc(C(F)(F)F)c1. The van der Waals surface area contributed by atoms with Gasteiger partial charge in [0.2, 0.25) is 0 Å². The van der Waals surface area contributed by atoms with Crippen molar-refractivity contribution in [3.8, 4) is 5.75 Å². The highest BCUT2D eigenvalue weighted by Gasteiger charge is 2.33. The molecule has 0 aliphatic carbocycles. The maximum absolute atomic E-state index is 13.0. The fourth-order valence-corrected chi connectivity index (χ4v) is 3.20. The van der Waals surface area contributed by atoms with Crippen molar-refractivity contribution < 1.29 is 22.1 Å². The molecule has 0 aromatic heterocycles. The molecule has 0 aliphatic rings. The van der Waals surface area contributed by atoms with E-state index in [9.17, 15) is 17.4 Å². The van der Waals surface area contributed by atoms with Gasteiger partial charge in [0.15, 0.2) is 0 Å². The molecule has 0 heterocycles. The summed E-state index contributed by atoms with van der Waals surface area (Å²) in [5.41, 5.74) is -0.365. The van der Waals surface area contributed by atoms with Gasteiger partial charge in [-0.15, -0.1) is 0 Å². The standard InChI is InChI=1S/C15H22F3NO2S/c1-10(19(5)22(20)14(2,3)4)11-7-12(15(16,17)18)9-13(8-11)21-6/h7-10H,1-6H3/t10?,22-/m1/s1. The first kappa shape index (κ1) is 19.0. The van der Waals surface area contributed by atoms with Crippen molar-refractivity contribution in [3.05, 3.63) is 29.3 Å². The molecule has 126 valence electrons. The van der Waals surface area contributed by atoms with Crippen molar-refractivity contribution in [1.29, 1.82) is 0 Å². The third-order valence-electron chi connectivity index (χ3n) is 3.31. The summed E-state index contributed by atoms with van der Waals surface area (Å²) in [6, 6.07) is 3.12. The van der Waals surface area contributed by atoms with Gasteiger partial charge in [0.05, 0.1) is 28.4 Å².